The van der Waals surface area contributed by atoms with Gasteiger partial charge in [-0.05, 0) is 37.3 Å². The highest BCUT2D eigenvalue weighted by atomic mass is 32.1. The van der Waals surface area contributed by atoms with Crippen molar-refractivity contribution in [2.24, 2.45) is 0 Å². The van der Waals surface area contributed by atoms with E-state index in [1.165, 1.54) is 19.2 Å². The molecule has 0 aliphatic carbocycles. The number of ether oxygens (including phenoxy) is 1. The molecular formula is C15H15N3O3S. The Kier molecular flexibility index (Phi) is 4.90. The number of nitro benzene ring substituents is 1. The van der Waals surface area contributed by atoms with Crippen molar-refractivity contribution in [2.45, 2.75) is 6.92 Å². The Hall–Kier alpha value is -2.67. The first-order valence-electron chi connectivity index (χ1n) is 6.46. The molecule has 0 amide bonds. The molecule has 0 aliphatic heterocycles. The van der Waals surface area contributed by atoms with Crippen molar-refractivity contribution in [1.82, 2.24) is 0 Å². The Morgan fingerprint density at radius 1 is 1.18 bits per heavy atom. The number of thiocarbonyl (C=S) groups is 1. The Morgan fingerprint density at radius 2 is 1.86 bits per heavy atom. The maximum atomic E-state index is 10.8. The topological polar surface area (TPSA) is 76.4 Å². The van der Waals surface area contributed by atoms with E-state index < -0.39 is 4.92 Å². The van der Waals surface area contributed by atoms with E-state index in [1.54, 1.807) is 6.07 Å². The van der Waals surface area contributed by atoms with E-state index in [2.05, 4.69) is 10.6 Å². The molecule has 0 atom stereocenters. The lowest BCUT2D eigenvalue weighted by molar-refractivity contribution is -0.384. The van der Waals surface area contributed by atoms with Crippen LogP contribution in [0.25, 0.3) is 0 Å². The number of hydrogen-bond acceptors (Lipinski definition) is 4. The molecule has 2 aromatic rings. The van der Waals surface area contributed by atoms with Gasteiger partial charge in [-0.1, -0.05) is 17.7 Å². The minimum Gasteiger partial charge on any atom is -0.494 e. The molecule has 0 saturated carbocycles. The summed E-state index contributed by atoms with van der Waals surface area (Å²) < 4.78 is 5.15. The van der Waals surface area contributed by atoms with Gasteiger partial charge in [0.25, 0.3) is 5.69 Å². The minimum atomic E-state index is -0.477. The Bertz CT molecular complexity index is 702. The zero-order valence-electron chi connectivity index (χ0n) is 12.1. The Balaban J connectivity index is 2.10. The maximum absolute atomic E-state index is 10.8. The van der Waals surface area contributed by atoms with Gasteiger partial charge >= 0.3 is 0 Å². The predicted octanol–water partition coefficient (Wildman–Crippen LogP) is 3.72. The molecule has 2 N–H and O–H groups in total. The van der Waals surface area contributed by atoms with Crippen molar-refractivity contribution in [3.8, 4) is 5.75 Å². The lowest BCUT2D eigenvalue weighted by Gasteiger charge is -2.13. The molecule has 22 heavy (non-hydrogen) atoms. The molecular weight excluding hydrogens is 302 g/mol. The standard InChI is InChI=1S/C15H15N3O3S/c1-10-3-5-11(6-4-10)16-15(22)17-13-8-7-12(18(19)20)9-14(13)21-2/h3-9H,1-2H3,(H2,16,17,22). The normalized spacial score (nSPS) is 9.91. The highest BCUT2D eigenvalue weighted by molar-refractivity contribution is 7.80. The van der Waals surface area contributed by atoms with Crippen molar-refractivity contribution in [3.05, 3.63) is 58.1 Å². The van der Waals surface area contributed by atoms with Crippen LogP contribution < -0.4 is 15.4 Å². The van der Waals surface area contributed by atoms with E-state index in [0.717, 1.165) is 11.3 Å². The molecule has 0 aromatic heterocycles. The van der Waals surface area contributed by atoms with E-state index in [-0.39, 0.29) is 5.69 Å². The maximum Gasteiger partial charge on any atom is 0.273 e. The lowest BCUT2D eigenvalue weighted by Crippen LogP contribution is -2.19. The lowest BCUT2D eigenvalue weighted by atomic mass is 10.2. The highest BCUT2D eigenvalue weighted by Crippen LogP contribution is 2.29. The van der Waals surface area contributed by atoms with Crippen LogP contribution in [0.1, 0.15) is 5.56 Å². The number of nitrogens with zero attached hydrogens (tertiary/aromatic N) is 1. The van der Waals surface area contributed by atoms with Crippen LogP contribution in [0.2, 0.25) is 0 Å². The van der Waals surface area contributed by atoms with E-state index in [4.69, 9.17) is 17.0 Å². The molecule has 2 aromatic carbocycles. The monoisotopic (exact) mass is 317 g/mol. The summed E-state index contributed by atoms with van der Waals surface area (Å²) in [6.07, 6.45) is 0. The van der Waals surface area contributed by atoms with Gasteiger partial charge in [-0.2, -0.15) is 0 Å². The van der Waals surface area contributed by atoms with Crippen LogP contribution in [0, 0.1) is 17.0 Å². The van der Waals surface area contributed by atoms with Gasteiger partial charge in [-0.3, -0.25) is 10.1 Å². The van der Waals surface area contributed by atoms with Crippen molar-refractivity contribution in [3.63, 3.8) is 0 Å². The summed E-state index contributed by atoms with van der Waals surface area (Å²) in [5, 5.41) is 17.1. The van der Waals surface area contributed by atoms with Gasteiger partial charge in [-0.25, -0.2) is 0 Å². The van der Waals surface area contributed by atoms with Crippen molar-refractivity contribution >= 4 is 34.4 Å². The third-order valence-electron chi connectivity index (χ3n) is 2.95. The molecule has 0 saturated heterocycles. The van der Waals surface area contributed by atoms with E-state index in [0.29, 0.717) is 16.5 Å². The second-order valence-electron chi connectivity index (χ2n) is 4.59. The molecule has 6 nitrogen and oxygen atoms in total. The van der Waals surface area contributed by atoms with Gasteiger partial charge in [0.1, 0.15) is 5.75 Å². The molecule has 0 aliphatic rings. The van der Waals surface area contributed by atoms with Gasteiger partial charge in [0, 0.05) is 11.8 Å². The fourth-order valence-electron chi connectivity index (χ4n) is 1.82. The average Bonchev–Trinajstić information content (AvgIpc) is 2.49. The van der Waals surface area contributed by atoms with Crippen LogP contribution >= 0.6 is 12.2 Å². The van der Waals surface area contributed by atoms with E-state index in [9.17, 15) is 10.1 Å². The van der Waals surface area contributed by atoms with Crippen LogP contribution in [0.3, 0.4) is 0 Å². The summed E-state index contributed by atoms with van der Waals surface area (Å²) in [5.41, 5.74) is 2.52. The van der Waals surface area contributed by atoms with Crippen molar-refractivity contribution in [1.29, 1.82) is 0 Å². The quantitative estimate of drug-likeness (QED) is 0.508. The fourth-order valence-corrected chi connectivity index (χ4v) is 2.05. The number of anilines is 2. The summed E-state index contributed by atoms with van der Waals surface area (Å²) in [5.74, 6) is 0.349. The number of nitro groups is 1. The van der Waals surface area contributed by atoms with Gasteiger partial charge in [0.2, 0.25) is 0 Å². The molecule has 0 bridgehead atoms. The second-order valence-corrected chi connectivity index (χ2v) is 5.00. The first-order valence-corrected chi connectivity index (χ1v) is 6.87. The summed E-state index contributed by atoms with van der Waals surface area (Å²) >= 11 is 5.23. The number of methoxy groups -OCH3 is 1. The van der Waals surface area contributed by atoms with Gasteiger partial charge < -0.3 is 15.4 Å². The zero-order chi connectivity index (χ0) is 16.1. The third kappa shape index (κ3) is 3.92. The Morgan fingerprint density at radius 3 is 2.45 bits per heavy atom. The van der Waals surface area contributed by atoms with Crippen LogP contribution in [0.15, 0.2) is 42.5 Å². The number of hydrogen-bond donors (Lipinski definition) is 2. The molecule has 0 heterocycles. The van der Waals surface area contributed by atoms with Gasteiger partial charge in [0.05, 0.1) is 23.8 Å². The summed E-state index contributed by atoms with van der Waals surface area (Å²) in [6, 6.07) is 12.1. The number of rotatable bonds is 4. The third-order valence-corrected chi connectivity index (χ3v) is 3.16. The molecule has 0 unspecified atom stereocenters. The molecule has 2 rings (SSSR count). The van der Waals surface area contributed by atoms with Gasteiger partial charge in [0.15, 0.2) is 5.11 Å². The summed E-state index contributed by atoms with van der Waals surface area (Å²) in [6.45, 7) is 2.00. The second kappa shape index (κ2) is 6.86. The zero-order valence-corrected chi connectivity index (χ0v) is 12.9. The predicted molar refractivity (Wildman–Crippen MR) is 90.7 cm³/mol. The van der Waals surface area contributed by atoms with Crippen LogP contribution in [-0.2, 0) is 0 Å². The summed E-state index contributed by atoms with van der Waals surface area (Å²) in [7, 11) is 1.45. The number of non-ortho nitro benzene ring substituents is 1. The minimum absolute atomic E-state index is 0.0418. The highest BCUT2D eigenvalue weighted by Gasteiger charge is 2.12. The Labute approximate surface area is 133 Å². The van der Waals surface area contributed by atoms with Crippen molar-refractivity contribution in [2.75, 3.05) is 17.7 Å². The number of benzene rings is 2. The molecule has 7 heteroatoms. The summed E-state index contributed by atoms with van der Waals surface area (Å²) in [4.78, 5) is 10.3. The first kappa shape index (κ1) is 15.7. The van der Waals surface area contributed by atoms with Crippen LogP contribution in [0.5, 0.6) is 5.75 Å². The smallest absolute Gasteiger partial charge is 0.273 e. The molecule has 114 valence electrons. The molecule has 0 radical (unpaired) electrons. The largest absolute Gasteiger partial charge is 0.494 e. The molecule has 0 fully saturated rings. The SMILES string of the molecule is COc1cc([N+](=O)[O-])ccc1NC(=S)Nc1ccc(C)cc1. The number of aryl methyl sites for hydroxylation is 1. The first-order chi connectivity index (χ1) is 10.5. The van der Waals surface area contributed by atoms with Crippen LogP contribution in [-0.4, -0.2) is 17.1 Å². The fraction of sp³-hybridized carbons (Fsp3) is 0.133. The van der Waals surface area contributed by atoms with E-state index >= 15 is 0 Å². The average molecular weight is 317 g/mol. The van der Waals surface area contributed by atoms with Crippen LogP contribution in [0.4, 0.5) is 17.1 Å². The van der Waals surface area contributed by atoms with E-state index in [1.807, 2.05) is 31.2 Å². The van der Waals surface area contributed by atoms with Gasteiger partial charge in [-0.15, -0.1) is 0 Å². The van der Waals surface area contributed by atoms with Crippen molar-refractivity contribution < 1.29 is 9.66 Å². The molecule has 0 spiro atoms. The number of nitrogens with one attached hydrogen (secondary N) is 2.